The maximum absolute atomic E-state index is 5.98. The lowest BCUT2D eigenvalue weighted by molar-refractivity contribution is 0.524. The number of aryl methyl sites for hydroxylation is 2. The van der Waals surface area contributed by atoms with Crippen molar-refractivity contribution in [3.63, 3.8) is 0 Å². The summed E-state index contributed by atoms with van der Waals surface area (Å²) >= 11 is 0. The molecule has 106 valence electrons. The minimum absolute atomic E-state index is 0.620. The Morgan fingerprint density at radius 3 is 2.45 bits per heavy atom. The quantitative estimate of drug-likeness (QED) is 0.343. The van der Waals surface area contributed by atoms with Crippen molar-refractivity contribution in [1.82, 2.24) is 0 Å². The van der Waals surface area contributed by atoms with Gasteiger partial charge in [0.15, 0.2) is 0 Å². The first kappa shape index (κ1) is 11.9. The molecule has 0 spiro atoms. The van der Waals surface area contributed by atoms with Gasteiger partial charge < -0.3 is 8.83 Å². The molecule has 0 aliphatic rings. The third-order valence-electron chi connectivity index (χ3n) is 4.44. The van der Waals surface area contributed by atoms with E-state index < -0.39 is 0 Å². The van der Waals surface area contributed by atoms with Crippen LogP contribution in [-0.2, 0) is 0 Å². The van der Waals surface area contributed by atoms with E-state index in [-0.39, 0.29) is 0 Å². The van der Waals surface area contributed by atoms with Gasteiger partial charge in [-0.05, 0) is 47.9 Å². The van der Waals surface area contributed by atoms with E-state index >= 15 is 0 Å². The molecule has 5 aromatic rings. The molecular formula is C20H14O2. The smallest absolute Gasteiger partial charge is 0.299 e. The van der Waals surface area contributed by atoms with Gasteiger partial charge in [-0.1, -0.05) is 36.4 Å². The molecule has 3 aromatic carbocycles. The number of benzene rings is 3. The average molecular weight is 286 g/mol. The molecule has 0 bridgehead atoms. The molecule has 5 rings (SSSR count). The van der Waals surface area contributed by atoms with E-state index in [2.05, 4.69) is 56.3 Å². The normalized spacial score (nSPS) is 12.1. The summed E-state index contributed by atoms with van der Waals surface area (Å²) in [5, 5.41) is 5.84. The van der Waals surface area contributed by atoms with Gasteiger partial charge in [0, 0.05) is 10.8 Å². The Morgan fingerprint density at radius 1 is 0.727 bits per heavy atom. The van der Waals surface area contributed by atoms with Crippen LogP contribution in [0, 0.1) is 13.8 Å². The maximum atomic E-state index is 5.98. The van der Waals surface area contributed by atoms with Crippen LogP contribution in [0.2, 0.25) is 0 Å². The van der Waals surface area contributed by atoms with E-state index in [1.165, 1.54) is 21.9 Å². The highest BCUT2D eigenvalue weighted by molar-refractivity contribution is 6.26. The van der Waals surface area contributed by atoms with E-state index in [0.717, 1.165) is 27.3 Å². The van der Waals surface area contributed by atoms with E-state index in [4.69, 9.17) is 8.83 Å². The number of fused-ring (bicyclic) bond motifs is 7. The minimum atomic E-state index is 0.620. The summed E-state index contributed by atoms with van der Waals surface area (Å²) in [5.74, 6) is 0.620. The van der Waals surface area contributed by atoms with Gasteiger partial charge in [0.1, 0.15) is 11.2 Å². The first-order valence-corrected chi connectivity index (χ1v) is 7.46. The van der Waals surface area contributed by atoms with Crippen molar-refractivity contribution in [3.05, 3.63) is 59.7 Å². The second kappa shape index (κ2) is 3.92. The number of furan rings is 2. The third kappa shape index (κ3) is 1.39. The molecule has 0 atom stereocenters. The van der Waals surface area contributed by atoms with Gasteiger partial charge >= 0.3 is 0 Å². The van der Waals surface area contributed by atoms with Crippen LogP contribution in [0.1, 0.15) is 11.1 Å². The second-order valence-electron chi connectivity index (χ2n) is 5.98. The van der Waals surface area contributed by atoms with Gasteiger partial charge in [-0.25, -0.2) is 0 Å². The summed E-state index contributed by atoms with van der Waals surface area (Å²) in [6, 6.07) is 16.8. The first-order valence-electron chi connectivity index (χ1n) is 7.46. The topological polar surface area (TPSA) is 26.3 Å². The minimum Gasteiger partial charge on any atom is -0.425 e. The summed E-state index contributed by atoms with van der Waals surface area (Å²) < 4.78 is 12.0. The van der Waals surface area contributed by atoms with Crippen LogP contribution < -0.4 is 0 Å². The highest BCUT2D eigenvalue weighted by Gasteiger charge is 2.19. The lowest BCUT2D eigenvalue weighted by atomic mass is 10.0. The van der Waals surface area contributed by atoms with Gasteiger partial charge in [-0.15, -0.1) is 0 Å². The van der Waals surface area contributed by atoms with Crippen LogP contribution in [-0.4, -0.2) is 0 Å². The van der Waals surface area contributed by atoms with Crippen molar-refractivity contribution in [3.8, 4) is 0 Å². The van der Waals surface area contributed by atoms with E-state index in [9.17, 15) is 0 Å². The summed E-state index contributed by atoms with van der Waals surface area (Å²) in [4.78, 5) is 0. The van der Waals surface area contributed by atoms with Crippen molar-refractivity contribution in [1.29, 1.82) is 0 Å². The van der Waals surface area contributed by atoms with Crippen LogP contribution in [0.5, 0.6) is 0 Å². The van der Waals surface area contributed by atoms with Crippen molar-refractivity contribution < 1.29 is 8.83 Å². The van der Waals surface area contributed by atoms with Crippen LogP contribution in [0.25, 0.3) is 43.9 Å². The highest BCUT2D eigenvalue weighted by atomic mass is 16.5. The molecule has 0 radical (unpaired) electrons. The SMILES string of the molecule is Cc1cc(C)c2c(c1)oc1oc3ccc4ccccc4c3c12. The maximum Gasteiger partial charge on any atom is 0.299 e. The van der Waals surface area contributed by atoms with Crippen molar-refractivity contribution in [2.24, 2.45) is 0 Å². The summed E-state index contributed by atoms with van der Waals surface area (Å²) in [6.07, 6.45) is 0. The number of hydrogen-bond donors (Lipinski definition) is 0. The molecule has 0 aliphatic heterocycles. The Kier molecular flexibility index (Phi) is 2.11. The fourth-order valence-electron chi connectivity index (χ4n) is 3.58. The zero-order chi connectivity index (χ0) is 14.8. The summed E-state index contributed by atoms with van der Waals surface area (Å²) in [5.41, 5.74) is 4.22. The van der Waals surface area contributed by atoms with Crippen LogP contribution >= 0.6 is 0 Å². The molecule has 0 unspecified atom stereocenters. The Balaban J connectivity index is 2.14. The molecule has 0 saturated heterocycles. The predicted molar refractivity (Wildman–Crippen MR) is 90.5 cm³/mol. The van der Waals surface area contributed by atoms with Gasteiger partial charge in [0.05, 0.1) is 5.39 Å². The lowest BCUT2D eigenvalue weighted by Gasteiger charge is -2.01. The first-order chi connectivity index (χ1) is 10.7. The molecule has 22 heavy (non-hydrogen) atoms. The van der Waals surface area contributed by atoms with Gasteiger partial charge in [0.25, 0.3) is 5.78 Å². The molecule has 0 amide bonds. The monoisotopic (exact) mass is 286 g/mol. The summed E-state index contributed by atoms with van der Waals surface area (Å²) in [7, 11) is 0. The molecule has 2 heterocycles. The Labute approximate surface area is 126 Å². The van der Waals surface area contributed by atoms with E-state index in [1.807, 2.05) is 6.07 Å². The zero-order valence-corrected chi connectivity index (χ0v) is 12.4. The molecule has 2 nitrogen and oxygen atoms in total. The van der Waals surface area contributed by atoms with Crippen LogP contribution in [0.4, 0.5) is 0 Å². The van der Waals surface area contributed by atoms with E-state index in [0.29, 0.717) is 5.78 Å². The van der Waals surface area contributed by atoms with Crippen LogP contribution in [0.15, 0.2) is 57.4 Å². The molecule has 2 heteroatoms. The van der Waals surface area contributed by atoms with Crippen molar-refractivity contribution in [2.75, 3.05) is 0 Å². The molecule has 0 saturated carbocycles. The zero-order valence-electron chi connectivity index (χ0n) is 12.4. The molecule has 0 aliphatic carbocycles. The largest absolute Gasteiger partial charge is 0.425 e. The van der Waals surface area contributed by atoms with Crippen molar-refractivity contribution in [2.45, 2.75) is 13.8 Å². The van der Waals surface area contributed by atoms with Gasteiger partial charge in [-0.3, -0.25) is 0 Å². The Bertz CT molecular complexity index is 1190. The second-order valence-corrected chi connectivity index (χ2v) is 5.98. The molecule has 2 aromatic heterocycles. The molecular weight excluding hydrogens is 272 g/mol. The van der Waals surface area contributed by atoms with Gasteiger partial charge in [0.2, 0.25) is 0 Å². The Morgan fingerprint density at radius 2 is 1.55 bits per heavy atom. The fourth-order valence-corrected chi connectivity index (χ4v) is 3.58. The Hall–Kier alpha value is -2.74. The molecule has 0 N–H and O–H groups in total. The number of rotatable bonds is 0. The molecule has 0 fully saturated rings. The predicted octanol–water partition coefficient (Wildman–Crippen LogP) is 6.10. The number of hydrogen-bond acceptors (Lipinski definition) is 2. The van der Waals surface area contributed by atoms with Gasteiger partial charge in [-0.2, -0.15) is 0 Å². The third-order valence-corrected chi connectivity index (χ3v) is 4.44. The standard InChI is InChI=1S/C20H14O2/c1-11-9-12(2)17-16(10-11)22-20-19(17)18-14-6-4-3-5-13(14)7-8-15(18)21-20/h3-10H,1-2H3. The lowest BCUT2D eigenvalue weighted by Crippen LogP contribution is -1.79. The highest BCUT2D eigenvalue weighted by Crippen LogP contribution is 2.41. The van der Waals surface area contributed by atoms with Crippen molar-refractivity contribution >= 4 is 43.9 Å². The average Bonchev–Trinajstić information content (AvgIpc) is 3.01. The van der Waals surface area contributed by atoms with Crippen LogP contribution in [0.3, 0.4) is 0 Å². The van der Waals surface area contributed by atoms with E-state index in [1.54, 1.807) is 0 Å². The summed E-state index contributed by atoms with van der Waals surface area (Å²) in [6.45, 7) is 4.22. The fraction of sp³-hybridized carbons (Fsp3) is 0.100.